The summed E-state index contributed by atoms with van der Waals surface area (Å²) in [5, 5.41) is 3.25. The van der Waals surface area contributed by atoms with Crippen LogP contribution in [0, 0.1) is 0 Å². The molecule has 58 valence electrons. The Morgan fingerprint density at radius 3 is 2.90 bits per heavy atom. The zero-order valence-corrected chi connectivity index (χ0v) is 6.10. The number of primary amides is 1. The van der Waals surface area contributed by atoms with Crippen LogP contribution in [0.4, 0.5) is 0 Å². The predicted molar refractivity (Wildman–Crippen MR) is 39.5 cm³/mol. The minimum atomic E-state index is -0.195. The SMILES string of the molecule is NC(=O)CC1CCCCN1. The molecule has 0 aromatic carbocycles. The molecular weight excluding hydrogens is 128 g/mol. The summed E-state index contributed by atoms with van der Waals surface area (Å²) in [7, 11) is 0. The Kier molecular flexibility index (Phi) is 2.68. The van der Waals surface area contributed by atoms with Gasteiger partial charge in [-0.05, 0) is 19.4 Å². The standard InChI is InChI=1S/C7H14N2O/c8-7(10)5-6-3-1-2-4-9-6/h6,9H,1-5H2,(H2,8,10). The zero-order valence-electron chi connectivity index (χ0n) is 6.10. The first-order valence-corrected chi connectivity index (χ1v) is 3.81. The topological polar surface area (TPSA) is 55.1 Å². The Morgan fingerprint density at radius 2 is 2.40 bits per heavy atom. The molecule has 0 radical (unpaired) electrons. The Bertz CT molecular complexity index is 119. The van der Waals surface area contributed by atoms with Gasteiger partial charge in [0.25, 0.3) is 0 Å². The van der Waals surface area contributed by atoms with Crippen LogP contribution in [0.3, 0.4) is 0 Å². The number of carbonyl (C=O) groups is 1. The number of nitrogens with two attached hydrogens (primary N) is 1. The third-order valence-corrected chi connectivity index (χ3v) is 1.86. The zero-order chi connectivity index (χ0) is 7.40. The van der Waals surface area contributed by atoms with Crippen molar-refractivity contribution in [2.24, 2.45) is 5.73 Å². The lowest BCUT2D eigenvalue weighted by Gasteiger charge is -2.21. The van der Waals surface area contributed by atoms with Crippen molar-refractivity contribution in [1.29, 1.82) is 0 Å². The second-order valence-corrected chi connectivity index (χ2v) is 2.82. The number of piperidine rings is 1. The summed E-state index contributed by atoms with van der Waals surface area (Å²) in [4.78, 5) is 10.4. The first-order chi connectivity index (χ1) is 4.79. The van der Waals surface area contributed by atoms with Crippen molar-refractivity contribution >= 4 is 5.91 Å². The molecule has 1 unspecified atom stereocenters. The lowest BCUT2D eigenvalue weighted by atomic mass is 10.0. The molecule has 3 N–H and O–H groups in total. The summed E-state index contributed by atoms with van der Waals surface area (Å²) in [6.45, 7) is 1.04. The van der Waals surface area contributed by atoms with Gasteiger partial charge in [0.05, 0.1) is 0 Å². The van der Waals surface area contributed by atoms with E-state index in [1.165, 1.54) is 12.8 Å². The summed E-state index contributed by atoms with van der Waals surface area (Å²) in [5.74, 6) is -0.195. The molecule has 3 nitrogen and oxygen atoms in total. The van der Waals surface area contributed by atoms with Crippen LogP contribution in [-0.2, 0) is 4.79 Å². The summed E-state index contributed by atoms with van der Waals surface area (Å²) >= 11 is 0. The molecule has 1 rings (SSSR count). The largest absolute Gasteiger partial charge is 0.370 e. The Labute approximate surface area is 61.0 Å². The molecule has 0 saturated carbocycles. The van der Waals surface area contributed by atoms with Crippen LogP contribution in [0.25, 0.3) is 0 Å². The van der Waals surface area contributed by atoms with Gasteiger partial charge in [-0.3, -0.25) is 4.79 Å². The third-order valence-electron chi connectivity index (χ3n) is 1.86. The van der Waals surface area contributed by atoms with Gasteiger partial charge in [-0.25, -0.2) is 0 Å². The van der Waals surface area contributed by atoms with Crippen molar-refractivity contribution in [3.8, 4) is 0 Å². The van der Waals surface area contributed by atoms with Gasteiger partial charge in [0, 0.05) is 12.5 Å². The van der Waals surface area contributed by atoms with Crippen LogP contribution < -0.4 is 11.1 Å². The molecule has 3 heteroatoms. The molecule has 1 fully saturated rings. The highest BCUT2D eigenvalue weighted by molar-refractivity contribution is 5.74. The van der Waals surface area contributed by atoms with Gasteiger partial charge in [-0.1, -0.05) is 6.42 Å². The number of carbonyl (C=O) groups excluding carboxylic acids is 1. The molecule has 10 heavy (non-hydrogen) atoms. The maximum Gasteiger partial charge on any atom is 0.218 e. The Balaban J connectivity index is 2.19. The van der Waals surface area contributed by atoms with Gasteiger partial charge in [-0.15, -0.1) is 0 Å². The Morgan fingerprint density at radius 1 is 1.60 bits per heavy atom. The van der Waals surface area contributed by atoms with Crippen LogP contribution in [-0.4, -0.2) is 18.5 Å². The van der Waals surface area contributed by atoms with Gasteiger partial charge in [0.1, 0.15) is 0 Å². The van der Waals surface area contributed by atoms with E-state index >= 15 is 0 Å². The van der Waals surface area contributed by atoms with E-state index in [1.807, 2.05) is 0 Å². The molecule has 1 saturated heterocycles. The van der Waals surface area contributed by atoms with Gasteiger partial charge in [0.2, 0.25) is 5.91 Å². The van der Waals surface area contributed by atoms with Crippen molar-refractivity contribution < 1.29 is 4.79 Å². The number of rotatable bonds is 2. The molecule has 0 aliphatic carbocycles. The summed E-state index contributed by atoms with van der Waals surface area (Å²) in [6.07, 6.45) is 4.06. The fourth-order valence-electron chi connectivity index (χ4n) is 1.34. The molecule has 1 atom stereocenters. The molecule has 1 heterocycles. The highest BCUT2D eigenvalue weighted by Crippen LogP contribution is 2.08. The van der Waals surface area contributed by atoms with E-state index in [2.05, 4.69) is 5.32 Å². The van der Waals surface area contributed by atoms with E-state index in [0.717, 1.165) is 13.0 Å². The highest BCUT2D eigenvalue weighted by atomic mass is 16.1. The number of amides is 1. The summed E-state index contributed by atoms with van der Waals surface area (Å²) in [6, 6.07) is 0.353. The number of hydrogen-bond donors (Lipinski definition) is 2. The third kappa shape index (κ3) is 2.35. The highest BCUT2D eigenvalue weighted by Gasteiger charge is 2.13. The molecule has 0 bridgehead atoms. The smallest absolute Gasteiger partial charge is 0.218 e. The fourth-order valence-corrected chi connectivity index (χ4v) is 1.34. The quantitative estimate of drug-likeness (QED) is 0.570. The van der Waals surface area contributed by atoms with Gasteiger partial charge in [0.15, 0.2) is 0 Å². The molecular formula is C7H14N2O. The molecule has 1 amide bonds. The van der Waals surface area contributed by atoms with Crippen LogP contribution in [0.15, 0.2) is 0 Å². The molecule has 0 aromatic rings. The monoisotopic (exact) mass is 142 g/mol. The first kappa shape index (κ1) is 7.54. The van der Waals surface area contributed by atoms with Crippen LogP contribution >= 0.6 is 0 Å². The lowest BCUT2D eigenvalue weighted by molar-refractivity contribution is -0.118. The summed E-state index contributed by atoms with van der Waals surface area (Å²) in [5.41, 5.74) is 5.04. The van der Waals surface area contributed by atoms with Gasteiger partial charge < -0.3 is 11.1 Å². The maximum atomic E-state index is 10.4. The molecule has 1 aliphatic rings. The van der Waals surface area contributed by atoms with Crippen LogP contribution in [0.5, 0.6) is 0 Å². The van der Waals surface area contributed by atoms with Crippen molar-refractivity contribution in [3.63, 3.8) is 0 Å². The van der Waals surface area contributed by atoms with E-state index in [9.17, 15) is 4.79 Å². The van der Waals surface area contributed by atoms with Crippen molar-refractivity contribution in [2.75, 3.05) is 6.54 Å². The number of nitrogens with one attached hydrogen (secondary N) is 1. The van der Waals surface area contributed by atoms with Crippen molar-refractivity contribution in [2.45, 2.75) is 31.7 Å². The van der Waals surface area contributed by atoms with Gasteiger partial charge in [-0.2, -0.15) is 0 Å². The summed E-state index contributed by atoms with van der Waals surface area (Å²) < 4.78 is 0. The maximum absolute atomic E-state index is 10.4. The molecule has 1 aliphatic heterocycles. The normalized spacial score (nSPS) is 26.2. The van der Waals surface area contributed by atoms with E-state index in [0.29, 0.717) is 12.5 Å². The average Bonchev–Trinajstić information content (AvgIpc) is 1.88. The van der Waals surface area contributed by atoms with E-state index in [4.69, 9.17) is 5.73 Å². The van der Waals surface area contributed by atoms with Crippen molar-refractivity contribution in [1.82, 2.24) is 5.32 Å². The molecule has 0 aromatic heterocycles. The van der Waals surface area contributed by atoms with Crippen LogP contribution in [0.1, 0.15) is 25.7 Å². The second kappa shape index (κ2) is 3.56. The lowest BCUT2D eigenvalue weighted by Crippen LogP contribution is -2.37. The molecule has 0 spiro atoms. The first-order valence-electron chi connectivity index (χ1n) is 3.81. The fraction of sp³-hybridized carbons (Fsp3) is 0.857. The van der Waals surface area contributed by atoms with E-state index in [-0.39, 0.29) is 5.91 Å². The van der Waals surface area contributed by atoms with Gasteiger partial charge >= 0.3 is 0 Å². The van der Waals surface area contributed by atoms with Crippen LogP contribution in [0.2, 0.25) is 0 Å². The average molecular weight is 142 g/mol. The Hall–Kier alpha value is -0.570. The second-order valence-electron chi connectivity index (χ2n) is 2.82. The number of hydrogen-bond acceptors (Lipinski definition) is 2. The van der Waals surface area contributed by atoms with E-state index in [1.54, 1.807) is 0 Å². The van der Waals surface area contributed by atoms with Crippen molar-refractivity contribution in [3.05, 3.63) is 0 Å². The predicted octanol–water partition coefficient (Wildman–Crippen LogP) is 0.00390. The minimum absolute atomic E-state index is 0.195. The van der Waals surface area contributed by atoms with E-state index < -0.39 is 0 Å². The minimum Gasteiger partial charge on any atom is -0.370 e.